The maximum atomic E-state index is 14.3. The smallest absolute Gasteiger partial charge is 0.206 e. The highest BCUT2D eigenvalue weighted by molar-refractivity contribution is 5.71. The minimum atomic E-state index is -4.44. The lowest BCUT2D eigenvalue weighted by molar-refractivity contribution is -0.137. The fourth-order valence-corrected chi connectivity index (χ4v) is 2.45. The van der Waals surface area contributed by atoms with Gasteiger partial charge in [0.25, 0.3) is 0 Å². The lowest BCUT2D eigenvalue weighted by atomic mass is 9.98. The molecule has 0 bridgehead atoms. The molecule has 0 aliphatic heterocycles. The third-order valence-corrected chi connectivity index (χ3v) is 3.68. The van der Waals surface area contributed by atoms with Gasteiger partial charge in [0, 0.05) is 11.1 Å². The fourth-order valence-electron chi connectivity index (χ4n) is 2.45. The predicted molar refractivity (Wildman–Crippen MR) is 82.2 cm³/mol. The third kappa shape index (κ3) is 3.15. The molecule has 0 aromatic heterocycles. The van der Waals surface area contributed by atoms with Crippen LogP contribution in [0, 0.1) is 11.6 Å². The molecule has 0 saturated heterocycles. The van der Waals surface area contributed by atoms with E-state index >= 15 is 0 Å². The van der Waals surface area contributed by atoms with Crippen molar-refractivity contribution in [3.05, 3.63) is 83.9 Å². The highest BCUT2D eigenvalue weighted by Crippen LogP contribution is 2.33. The molecular weight excluding hydrogens is 323 g/mol. The zero-order valence-electron chi connectivity index (χ0n) is 12.2. The minimum Gasteiger partial charge on any atom is -0.206 e. The Kier molecular flexibility index (Phi) is 4.09. The van der Waals surface area contributed by atoms with Crippen LogP contribution in [-0.2, 0) is 6.18 Å². The largest absolute Gasteiger partial charge is 0.416 e. The van der Waals surface area contributed by atoms with Gasteiger partial charge in [-0.15, -0.1) is 0 Å². The van der Waals surface area contributed by atoms with Crippen LogP contribution in [0.15, 0.2) is 66.7 Å². The zero-order chi connectivity index (χ0) is 17.3. The lowest BCUT2D eigenvalue weighted by Gasteiger charge is -2.10. The molecule has 0 nitrogen and oxygen atoms in total. The average molecular weight is 334 g/mol. The summed E-state index contributed by atoms with van der Waals surface area (Å²) in [5.41, 5.74) is 0.302. The lowest BCUT2D eigenvalue weighted by Crippen LogP contribution is -2.04. The average Bonchev–Trinajstić information content (AvgIpc) is 2.54. The van der Waals surface area contributed by atoms with E-state index in [4.69, 9.17) is 0 Å². The summed E-state index contributed by atoms with van der Waals surface area (Å²) in [6.45, 7) is 0. The minimum absolute atomic E-state index is 0.156. The molecule has 3 rings (SSSR count). The van der Waals surface area contributed by atoms with E-state index in [0.29, 0.717) is 11.1 Å². The SMILES string of the molecule is Fc1ccccc1-c1ccc(-c2ccc(C(F)(F)F)cc2)c(F)c1. The van der Waals surface area contributed by atoms with Crippen LogP contribution < -0.4 is 0 Å². The number of alkyl halides is 3. The van der Waals surface area contributed by atoms with Crippen LogP contribution in [0.5, 0.6) is 0 Å². The Morgan fingerprint density at radius 1 is 0.583 bits per heavy atom. The van der Waals surface area contributed by atoms with Gasteiger partial charge < -0.3 is 0 Å². The van der Waals surface area contributed by atoms with Gasteiger partial charge in [-0.25, -0.2) is 8.78 Å². The molecule has 0 aliphatic rings. The topological polar surface area (TPSA) is 0 Å². The standard InChI is InChI=1S/C19H11F5/c20-17-4-2-1-3-15(17)13-7-10-16(18(21)11-13)12-5-8-14(9-6-12)19(22,23)24/h1-11H. The summed E-state index contributed by atoms with van der Waals surface area (Å²) in [5, 5.41) is 0. The molecule has 0 saturated carbocycles. The predicted octanol–water partition coefficient (Wildman–Crippen LogP) is 6.32. The summed E-state index contributed by atoms with van der Waals surface area (Å²) < 4.78 is 65.8. The summed E-state index contributed by atoms with van der Waals surface area (Å²) in [5.74, 6) is -1.10. The molecule has 3 aromatic rings. The first kappa shape index (κ1) is 16.2. The number of rotatable bonds is 2. The van der Waals surface area contributed by atoms with Crippen molar-refractivity contribution in [1.82, 2.24) is 0 Å². The molecule has 24 heavy (non-hydrogen) atoms. The second-order valence-corrected chi connectivity index (χ2v) is 5.25. The van der Waals surface area contributed by atoms with Crippen molar-refractivity contribution in [2.45, 2.75) is 6.18 Å². The third-order valence-electron chi connectivity index (χ3n) is 3.68. The normalized spacial score (nSPS) is 11.5. The highest BCUT2D eigenvalue weighted by Gasteiger charge is 2.30. The van der Waals surface area contributed by atoms with Crippen molar-refractivity contribution in [3.63, 3.8) is 0 Å². The molecule has 0 atom stereocenters. The maximum absolute atomic E-state index is 14.3. The van der Waals surface area contributed by atoms with Crippen LogP contribution in [0.25, 0.3) is 22.3 Å². The first-order chi connectivity index (χ1) is 11.4. The van der Waals surface area contributed by atoms with Crippen molar-refractivity contribution in [1.29, 1.82) is 0 Å². The second-order valence-electron chi connectivity index (χ2n) is 5.25. The molecule has 0 radical (unpaired) electrons. The molecule has 0 amide bonds. The Balaban J connectivity index is 1.98. The van der Waals surface area contributed by atoms with Crippen molar-refractivity contribution < 1.29 is 22.0 Å². The molecule has 0 N–H and O–H groups in total. The molecule has 0 aliphatic carbocycles. The quantitative estimate of drug-likeness (QED) is 0.481. The monoisotopic (exact) mass is 334 g/mol. The molecular formula is C19H11F5. The summed E-state index contributed by atoms with van der Waals surface area (Å²) in [4.78, 5) is 0. The molecule has 5 heteroatoms. The Bertz CT molecular complexity index is 864. The second kappa shape index (κ2) is 6.07. The molecule has 122 valence electrons. The van der Waals surface area contributed by atoms with Crippen LogP contribution in [0.3, 0.4) is 0 Å². The summed E-state index contributed by atoms with van der Waals surface area (Å²) in [6.07, 6.45) is -4.44. The van der Waals surface area contributed by atoms with E-state index in [1.807, 2.05) is 0 Å². The van der Waals surface area contributed by atoms with Gasteiger partial charge in [-0.2, -0.15) is 13.2 Å². The number of halogens is 5. The van der Waals surface area contributed by atoms with E-state index in [1.54, 1.807) is 6.07 Å². The van der Waals surface area contributed by atoms with E-state index in [-0.39, 0.29) is 11.1 Å². The van der Waals surface area contributed by atoms with Crippen molar-refractivity contribution >= 4 is 0 Å². The van der Waals surface area contributed by atoms with Crippen LogP contribution in [-0.4, -0.2) is 0 Å². The van der Waals surface area contributed by atoms with Gasteiger partial charge in [0.1, 0.15) is 11.6 Å². The Hall–Kier alpha value is -2.69. The number of benzene rings is 3. The first-order valence-corrected chi connectivity index (χ1v) is 7.08. The van der Waals surface area contributed by atoms with E-state index in [1.165, 1.54) is 48.5 Å². The Morgan fingerprint density at radius 3 is 1.75 bits per heavy atom. The van der Waals surface area contributed by atoms with Crippen LogP contribution in [0.2, 0.25) is 0 Å². The zero-order valence-corrected chi connectivity index (χ0v) is 12.2. The molecule has 0 spiro atoms. The van der Waals surface area contributed by atoms with E-state index in [9.17, 15) is 22.0 Å². The van der Waals surface area contributed by atoms with Crippen molar-refractivity contribution in [2.24, 2.45) is 0 Å². The number of hydrogen-bond acceptors (Lipinski definition) is 0. The van der Waals surface area contributed by atoms with E-state index in [2.05, 4.69) is 0 Å². The summed E-state index contributed by atoms with van der Waals surface area (Å²) in [6, 6.07) is 14.3. The van der Waals surface area contributed by atoms with Gasteiger partial charge in [-0.1, -0.05) is 42.5 Å². The fraction of sp³-hybridized carbons (Fsp3) is 0.0526. The first-order valence-electron chi connectivity index (χ1n) is 7.08. The summed E-state index contributed by atoms with van der Waals surface area (Å²) in [7, 11) is 0. The van der Waals surface area contributed by atoms with E-state index < -0.39 is 23.4 Å². The summed E-state index contributed by atoms with van der Waals surface area (Å²) >= 11 is 0. The van der Waals surface area contributed by atoms with Crippen LogP contribution in [0.1, 0.15) is 5.56 Å². The van der Waals surface area contributed by atoms with Crippen LogP contribution >= 0.6 is 0 Å². The van der Waals surface area contributed by atoms with E-state index in [0.717, 1.165) is 12.1 Å². The van der Waals surface area contributed by atoms with Gasteiger partial charge in [0.2, 0.25) is 0 Å². The van der Waals surface area contributed by atoms with Gasteiger partial charge in [0.15, 0.2) is 0 Å². The molecule has 3 aromatic carbocycles. The highest BCUT2D eigenvalue weighted by atomic mass is 19.4. The van der Waals surface area contributed by atoms with Crippen LogP contribution in [0.4, 0.5) is 22.0 Å². The van der Waals surface area contributed by atoms with Gasteiger partial charge in [-0.3, -0.25) is 0 Å². The molecule has 0 fully saturated rings. The Morgan fingerprint density at radius 2 is 1.17 bits per heavy atom. The van der Waals surface area contributed by atoms with Crippen molar-refractivity contribution in [2.75, 3.05) is 0 Å². The molecule has 0 unspecified atom stereocenters. The van der Waals surface area contributed by atoms with Crippen molar-refractivity contribution in [3.8, 4) is 22.3 Å². The molecule has 0 heterocycles. The Labute approximate surface area is 135 Å². The van der Waals surface area contributed by atoms with Gasteiger partial charge in [-0.05, 0) is 35.4 Å². The van der Waals surface area contributed by atoms with Gasteiger partial charge >= 0.3 is 6.18 Å². The maximum Gasteiger partial charge on any atom is 0.416 e. The van der Waals surface area contributed by atoms with Gasteiger partial charge in [0.05, 0.1) is 5.56 Å². The number of hydrogen-bond donors (Lipinski definition) is 0.